The predicted octanol–water partition coefficient (Wildman–Crippen LogP) is 3.36. The van der Waals surface area contributed by atoms with Gasteiger partial charge in [-0.3, -0.25) is 9.48 Å². The van der Waals surface area contributed by atoms with Crippen molar-refractivity contribution in [1.29, 1.82) is 0 Å². The lowest BCUT2D eigenvalue weighted by Gasteiger charge is -2.30. The fraction of sp³-hybridized carbons (Fsp3) is 0.375. The quantitative estimate of drug-likeness (QED) is 0.769. The number of nitrogens with zero attached hydrogens (tertiary/aromatic N) is 2. The van der Waals surface area contributed by atoms with Crippen molar-refractivity contribution in [2.75, 3.05) is 0 Å². The molecule has 3 heteroatoms. The van der Waals surface area contributed by atoms with Crippen LogP contribution in [0.25, 0.3) is 0 Å². The van der Waals surface area contributed by atoms with Gasteiger partial charge in [-0.05, 0) is 18.4 Å². The molecule has 0 N–H and O–H groups in total. The number of carbonyl (C=O) groups is 1. The van der Waals surface area contributed by atoms with E-state index in [-0.39, 0.29) is 5.78 Å². The van der Waals surface area contributed by atoms with Crippen LogP contribution in [-0.4, -0.2) is 15.6 Å². The highest BCUT2D eigenvalue weighted by atomic mass is 16.1. The largest absolute Gasteiger partial charge is 0.293 e. The normalized spacial score (nSPS) is 11.5. The summed E-state index contributed by atoms with van der Waals surface area (Å²) in [6, 6.07) is 10.1. The lowest BCUT2D eigenvalue weighted by Crippen LogP contribution is -2.34. The summed E-state index contributed by atoms with van der Waals surface area (Å²) in [6.07, 6.45) is 5.04. The van der Waals surface area contributed by atoms with E-state index in [1.54, 1.807) is 17.1 Å². The molecule has 1 heterocycles. The van der Waals surface area contributed by atoms with Gasteiger partial charge in [0.25, 0.3) is 0 Å². The molecule has 100 valence electrons. The molecule has 0 atom stereocenters. The molecule has 1 aromatic heterocycles. The Morgan fingerprint density at radius 2 is 1.84 bits per heavy atom. The fourth-order valence-corrected chi connectivity index (χ4v) is 2.68. The summed E-state index contributed by atoms with van der Waals surface area (Å²) < 4.78 is 1.67. The summed E-state index contributed by atoms with van der Waals surface area (Å²) >= 11 is 0. The molecule has 3 nitrogen and oxygen atoms in total. The molecule has 0 saturated heterocycles. The van der Waals surface area contributed by atoms with Crippen LogP contribution in [-0.2, 0) is 12.5 Å². The van der Waals surface area contributed by atoms with Crippen molar-refractivity contribution in [2.45, 2.75) is 32.1 Å². The van der Waals surface area contributed by atoms with Gasteiger partial charge in [-0.1, -0.05) is 44.2 Å². The SMILES string of the molecule is CCC(CC)(C(=O)c1cnn(C)c1)c1ccccc1. The van der Waals surface area contributed by atoms with Crippen molar-refractivity contribution in [3.05, 3.63) is 53.9 Å². The molecule has 0 spiro atoms. The van der Waals surface area contributed by atoms with Gasteiger partial charge >= 0.3 is 0 Å². The minimum atomic E-state index is -0.440. The summed E-state index contributed by atoms with van der Waals surface area (Å²) in [4.78, 5) is 12.9. The first-order chi connectivity index (χ1) is 9.14. The third kappa shape index (κ3) is 2.33. The molecule has 0 radical (unpaired) electrons. The first kappa shape index (κ1) is 13.5. The number of benzene rings is 1. The van der Waals surface area contributed by atoms with E-state index in [1.807, 2.05) is 37.4 Å². The second-order valence-corrected chi connectivity index (χ2v) is 4.89. The zero-order valence-corrected chi connectivity index (χ0v) is 11.8. The number of aryl methyl sites for hydroxylation is 1. The first-order valence-corrected chi connectivity index (χ1v) is 6.73. The van der Waals surface area contributed by atoms with Crippen molar-refractivity contribution in [3.8, 4) is 0 Å². The Balaban J connectivity index is 2.48. The highest BCUT2D eigenvalue weighted by molar-refractivity contribution is 6.03. The van der Waals surface area contributed by atoms with Crippen molar-refractivity contribution in [2.24, 2.45) is 7.05 Å². The number of ketones is 1. The van der Waals surface area contributed by atoms with Crippen LogP contribution in [0.5, 0.6) is 0 Å². The van der Waals surface area contributed by atoms with Crippen LogP contribution in [0.4, 0.5) is 0 Å². The second kappa shape index (κ2) is 5.39. The van der Waals surface area contributed by atoms with Gasteiger partial charge in [0.15, 0.2) is 5.78 Å². The van der Waals surface area contributed by atoms with Crippen LogP contribution in [0.3, 0.4) is 0 Å². The van der Waals surface area contributed by atoms with E-state index >= 15 is 0 Å². The van der Waals surface area contributed by atoms with Gasteiger partial charge in [0, 0.05) is 13.2 Å². The highest BCUT2D eigenvalue weighted by Gasteiger charge is 2.37. The Hall–Kier alpha value is -1.90. The maximum absolute atomic E-state index is 12.9. The number of rotatable bonds is 5. The number of hydrogen-bond acceptors (Lipinski definition) is 2. The minimum Gasteiger partial charge on any atom is -0.293 e. The number of carbonyl (C=O) groups excluding carboxylic acids is 1. The second-order valence-electron chi connectivity index (χ2n) is 4.89. The van der Waals surface area contributed by atoms with Crippen molar-refractivity contribution >= 4 is 5.78 Å². The van der Waals surface area contributed by atoms with Crippen molar-refractivity contribution in [1.82, 2.24) is 9.78 Å². The zero-order chi connectivity index (χ0) is 13.9. The van der Waals surface area contributed by atoms with Gasteiger partial charge in [0.1, 0.15) is 0 Å². The van der Waals surface area contributed by atoms with E-state index in [9.17, 15) is 4.79 Å². The Morgan fingerprint density at radius 3 is 2.32 bits per heavy atom. The Bertz CT molecular complexity index is 553. The minimum absolute atomic E-state index is 0.164. The fourth-order valence-electron chi connectivity index (χ4n) is 2.68. The highest BCUT2D eigenvalue weighted by Crippen LogP contribution is 2.35. The van der Waals surface area contributed by atoms with Crippen LogP contribution >= 0.6 is 0 Å². The molecule has 0 saturated carbocycles. The average Bonchev–Trinajstić information content (AvgIpc) is 2.88. The van der Waals surface area contributed by atoms with Crippen LogP contribution < -0.4 is 0 Å². The van der Waals surface area contributed by atoms with Gasteiger partial charge in [0.05, 0.1) is 17.2 Å². The van der Waals surface area contributed by atoms with E-state index in [0.29, 0.717) is 5.56 Å². The standard InChI is InChI=1S/C16H20N2O/c1-4-16(5-2,14-9-7-6-8-10-14)15(19)13-11-17-18(3)12-13/h6-12H,4-5H2,1-3H3. The Morgan fingerprint density at radius 1 is 1.21 bits per heavy atom. The zero-order valence-electron chi connectivity index (χ0n) is 11.8. The summed E-state index contributed by atoms with van der Waals surface area (Å²) in [7, 11) is 1.83. The molecule has 0 aliphatic carbocycles. The molecular formula is C16H20N2O. The topological polar surface area (TPSA) is 34.9 Å². The Labute approximate surface area is 114 Å². The number of Topliss-reactive ketones (excluding diaryl/α,β-unsaturated/α-hetero) is 1. The van der Waals surface area contributed by atoms with Gasteiger partial charge in [-0.25, -0.2) is 0 Å². The maximum atomic E-state index is 12.9. The van der Waals surface area contributed by atoms with Gasteiger partial charge in [-0.15, -0.1) is 0 Å². The Kier molecular flexibility index (Phi) is 3.84. The molecule has 1 aromatic carbocycles. The van der Waals surface area contributed by atoms with Crippen LogP contribution in [0.2, 0.25) is 0 Å². The van der Waals surface area contributed by atoms with E-state index < -0.39 is 5.41 Å². The average molecular weight is 256 g/mol. The van der Waals surface area contributed by atoms with Crippen LogP contribution in [0, 0.1) is 0 Å². The lowest BCUT2D eigenvalue weighted by molar-refractivity contribution is 0.0873. The molecular weight excluding hydrogens is 236 g/mol. The number of hydrogen-bond donors (Lipinski definition) is 0. The van der Waals surface area contributed by atoms with Gasteiger partial charge in [-0.2, -0.15) is 5.10 Å². The lowest BCUT2D eigenvalue weighted by atomic mass is 9.71. The number of aromatic nitrogens is 2. The van der Waals surface area contributed by atoms with Gasteiger partial charge < -0.3 is 0 Å². The molecule has 0 bridgehead atoms. The first-order valence-electron chi connectivity index (χ1n) is 6.73. The molecule has 2 aromatic rings. The summed E-state index contributed by atoms with van der Waals surface area (Å²) in [5, 5.41) is 4.11. The van der Waals surface area contributed by atoms with E-state index in [0.717, 1.165) is 18.4 Å². The van der Waals surface area contributed by atoms with E-state index in [2.05, 4.69) is 18.9 Å². The molecule has 0 aliphatic heterocycles. The monoisotopic (exact) mass is 256 g/mol. The van der Waals surface area contributed by atoms with E-state index in [1.165, 1.54) is 0 Å². The third-order valence-electron chi connectivity index (χ3n) is 3.94. The predicted molar refractivity (Wildman–Crippen MR) is 76.2 cm³/mol. The third-order valence-corrected chi connectivity index (χ3v) is 3.94. The molecule has 0 aliphatic rings. The van der Waals surface area contributed by atoms with Crippen LogP contribution in [0.1, 0.15) is 42.6 Å². The maximum Gasteiger partial charge on any atom is 0.176 e. The van der Waals surface area contributed by atoms with Crippen LogP contribution in [0.15, 0.2) is 42.7 Å². The smallest absolute Gasteiger partial charge is 0.176 e. The molecule has 0 amide bonds. The summed E-state index contributed by atoms with van der Waals surface area (Å²) in [5.74, 6) is 0.164. The van der Waals surface area contributed by atoms with Crippen molar-refractivity contribution in [3.63, 3.8) is 0 Å². The molecule has 19 heavy (non-hydrogen) atoms. The molecule has 0 unspecified atom stereocenters. The van der Waals surface area contributed by atoms with Gasteiger partial charge in [0.2, 0.25) is 0 Å². The molecule has 2 rings (SSSR count). The van der Waals surface area contributed by atoms with E-state index in [4.69, 9.17) is 0 Å². The molecule has 0 fully saturated rings. The summed E-state index contributed by atoms with van der Waals surface area (Å²) in [6.45, 7) is 4.15. The summed E-state index contributed by atoms with van der Waals surface area (Å²) in [5.41, 5.74) is 1.34. The van der Waals surface area contributed by atoms with Crippen molar-refractivity contribution < 1.29 is 4.79 Å².